The Morgan fingerprint density at radius 1 is 1.36 bits per heavy atom. The van der Waals surface area contributed by atoms with Gasteiger partial charge in [-0.15, -0.1) is 0 Å². The molecule has 1 nitrogen and oxygen atoms in total. The van der Waals surface area contributed by atoms with Gasteiger partial charge in [-0.05, 0) is 12.8 Å². The molecule has 0 bridgehead atoms. The summed E-state index contributed by atoms with van der Waals surface area (Å²) in [5.41, 5.74) is 0. The molecule has 11 heavy (non-hydrogen) atoms. The molecule has 1 rings (SSSR count). The topological polar surface area (TPSA) is 12.0 Å². The van der Waals surface area contributed by atoms with E-state index in [4.69, 9.17) is 11.6 Å². The summed E-state index contributed by atoms with van der Waals surface area (Å²) in [6.45, 7) is 4.41. The molecule has 1 N–H and O–H groups in total. The zero-order chi connectivity index (χ0) is 8.10. The van der Waals surface area contributed by atoms with Gasteiger partial charge in [-0.25, -0.2) is 0 Å². The highest BCUT2D eigenvalue weighted by Gasteiger charge is 2.11. The zero-order valence-electron chi connectivity index (χ0n) is 6.91. The maximum absolute atomic E-state index is 5.64. The molecule has 2 heteroatoms. The molecule has 0 saturated heterocycles. The number of hydrogen-bond acceptors (Lipinski definition) is 1. The van der Waals surface area contributed by atoms with E-state index in [1.165, 1.54) is 32.1 Å². The summed E-state index contributed by atoms with van der Waals surface area (Å²) in [5.74, 6) is 0. The van der Waals surface area contributed by atoms with Crippen LogP contribution < -0.4 is 5.32 Å². The lowest BCUT2D eigenvalue weighted by Gasteiger charge is -2.22. The molecule has 0 radical (unpaired) electrons. The van der Waals surface area contributed by atoms with Crippen LogP contribution in [0.5, 0.6) is 0 Å². The largest absolute Gasteiger partial charge is 0.309 e. The van der Waals surface area contributed by atoms with Gasteiger partial charge in [-0.1, -0.05) is 37.4 Å². The molecule has 0 aromatic heterocycles. The standard InChI is InChI=1S/C9H16ClN/c1-8(10)7-11-9-5-3-2-4-6-9/h9,11H,1-7H2. The van der Waals surface area contributed by atoms with E-state index >= 15 is 0 Å². The van der Waals surface area contributed by atoms with Crippen molar-refractivity contribution < 1.29 is 0 Å². The highest BCUT2D eigenvalue weighted by atomic mass is 35.5. The second-order valence-corrected chi connectivity index (χ2v) is 3.77. The molecule has 1 fully saturated rings. The quantitative estimate of drug-likeness (QED) is 0.692. The van der Waals surface area contributed by atoms with Gasteiger partial charge in [-0.2, -0.15) is 0 Å². The lowest BCUT2D eigenvalue weighted by atomic mass is 9.95. The van der Waals surface area contributed by atoms with Gasteiger partial charge in [-0.3, -0.25) is 0 Å². The maximum atomic E-state index is 5.64. The molecule has 0 aliphatic heterocycles. The van der Waals surface area contributed by atoms with Crippen molar-refractivity contribution in [1.29, 1.82) is 0 Å². The van der Waals surface area contributed by atoms with Crippen LogP contribution in [0.15, 0.2) is 11.6 Å². The molecular weight excluding hydrogens is 158 g/mol. The minimum absolute atomic E-state index is 0.694. The molecule has 0 aromatic rings. The average molecular weight is 174 g/mol. The third kappa shape index (κ3) is 3.78. The van der Waals surface area contributed by atoms with Crippen LogP contribution in [-0.4, -0.2) is 12.6 Å². The Hall–Kier alpha value is -0.0100. The molecule has 64 valence electrons. The fraction of sp³-hybridized carbons (Fsp3) is 0.778. The van der Waals surface area contributed by atoms with Crippen LogP contribution in [-0.2, 0) is 0 Å². The second kappa shape index (κ2) is 4.78. The normalized spacial score (nSPS) is 20.1. The predicted octanol–water partition coefficient (Wildman–Crippen LogP) is 2.66. The van der Waals surface area contributed by atoms with Gasteiger partial charge in [0.2, 0.25) is 0 Å². The van der Waals surface area contributed by atoms with Gasteiger partial charge in [0.1, 0.15) is 0 Å². The molecule has 1 aliphatic carbocycles. The van der Waals surface area contributed by atoms with E-state index in [1.807, 2.05) is 0 Å². The van der Waals surface area contributed by atoms with Crippen molar-refractivity contribution in [3.8, 4) is 0 Å². The molecule has 0 amide bonds. The SMILES string of the molecule is C=C(Cl)CNC1CCCCC1. The van der Waals surface area contributed by atoms with Crippen LogP contribution in [0, 0.1) is 0 Å². The van der Waals surface area contributed by atoms with Crippen LogP contribution in [0.3, 0.4) is 0 Å². The van der Waals surface area contributed by atoms with Crippen LogP contribution in [0.25, 0.3) is 0 Å². The first-order chi connectivity index (χ1) is 5.29. The average Bonchev–Trinajstić information content (AvgIpc) is 2.03. The van der Waals surface area contributed by atoms with E-state index in [1.54, 1.807) is 0 Å². The Morgan fingerprint density at radius 3 is 2.55 bits per heavy atom. The first-order valence-electron chi connectivity index (χ1n) is 4.35. The maximum Gasteiger partial charge on any atom is 0.0310 e. The Balaban J connectivity index is 2.09. The smallest absolute Gasteiger partial charge is 0.0310 e. The predicted molar refractivity (Wildman–Crippen MR) is 49.9 cm³/mol. The Kier molecular flexibility index (Phi) is 3.95. The van der Waals surface area contributed by atoms with Crippen LogP contribution >= 0.6 is 11.6 Å². The lowest BCUT2D eigenvalue weighted by Crippen LogP contribution is -2.31. The van der Waals surface area contributed by atoms with Crippen molar-refractivity contribution >= 4 is 11.6 Å². The van der Waals surface area contributed by atoms with Crippen LogP contribution in [0.1, 0.15) is 32.1 Å². The summed E-state index contributed by atoms with van der Waals surface area (Å²) in [6, 6.07) is 0.694. The molecule has 0 unspecified atom stereocenters. The van der Waals surface area contributed by atoms with Crippen molar-refractivity contribution in [2.75, 3.05) is 6.54 Å². The van der Waals surface area contributed by atoms with E-state index in [-0.39, 0.29) is 0 Å². The number of hydrogen-bond donors (Lipinski definition) is 1. The Labute approximate surface area is 73.8 Å². The van der Waals surface area contributed by atoms with Gasteiger partial charge in [0.25, 0.3) is 0 Å². The lowest BCUT2D eigenvalue weighted by molar-refractivity contribution is 0.384. The molecule has 0 spiro atoms. The number of rotatable bonds is 3. The molecule has 0 aromatic carbocycles. The van der Waals surface area contributed by atoms with Crippen molar-refractivity contribution in [3.63, 3.8) is 0 Å². The van der Waals surface area contributed by atoms with Crippen LogP contribution in [0.2, 0.25) is 0 Å². The molecular formula is C9H16ClN. The fourth-order valence-corrected chi connectivity index (χ4v) is 1.64. The summed E-state index contributed by atoms with van der Waals surface area (Å²) in [7, 11) is 0. The summed E-state index contributed by atoms with van der Waals surface area (Å²) in [6.07, 6.45) is 6.76. The third-order valence-electron chi connectivity index (χ3n) is 2.19. The summed E-state index contributed by atoms with van der Waals surface area (Å²) in [4.78, 5) is 0. The first-order valence-corrected chi connectivity index (χ1v) is 4.73. The van der Waals surface area contributed by atoms with Gasteiger partial charge < -0.3 is 5.32 Å². The third-order valence-corrected chi connectivity index (χ3v) is 2.32. The van der Waals surface area contributed by atoms with Crippen molar-refractivity contribution in [2.24, 2.45) is 0 Å². The second-order valence-electron chi connectivity index (χ2n) is 3.23. The zero-order valence-corrected chi connectivity index (χ0v) is 7.66. The molecule has 1 aliphatic rings. The monoisotopic (exact) mass is 173 g/mol. The van der Waals surface area contributed by atoms with Crippen molar-refractivity contribution in [1.82, 2.24) is 5.32 Å². The molecule has 0 heterocycles. The van der Waals surface area contributed by atoms with Crippen molar-refractivity contribution in [2.45, 2.75) is 38.1 Å². The first kappa shape index (κ1) is 9.08. The number of nitrogens with one attached hydrogen (secondary N) is 1. The highest BCUT2D eigenvalue weighted by Crippen LogP contribution is 2.17. The summed E-state index contributed by atoms with van der Waals surface area (Å²) in [5, 5.41) is 4.11. The van der Waals surface area contributed by atoms with E-state index < -0.39 is 0 Å². The minimum Gasteiger partial charge on any atom is -0.309 e. The summed E-state index contributed by atoms with van der Waals surface area (Å²) < 4.78 is 0. The Bertz CT molecular complexity index is 128. The molecule has 1 saturated carbocycles. The van der Waals surface area contributed by atoms with Crippen molar-refractivity contribution in [3.05, 3.63) is 11.6 Å². The number of halogens is 1. The Morgan fingerprint density at radius 2 is 2.00 bits per heavy atom. The van der Waals surface area contributed by atoms with Gasteiger partial charge in [0.05, 0.1) is 0 Å². The van der Waals surface area contributed by atoms with Gasteiger partial charge in [0, 0.05) is 17.6 Å². The highest BCUT2D eigenvalue weighted by molar-refractivity contribution is 6.29. The van der Waals surface area contributed by atoms with Gasteiger partial charge in [0.15, 0.2) is 0 Å². The van der Waals surface area contributed by atoms with E-state index in [0.29, 0.717) is 6.04 Å². The van der Waals surface area contributed by atoms with E-state index in [0.717, 1.165) is 11.6 Å². The fourth-order valence-electron chi connectivity index (χ4n) is 1.56. The molecule has 0 atom stereocenters. The summed E-state index contributed by atoms with van der Waals surface area (Å²) >= 11 is 5.64. The van der Waals surface area contributed by atoms with Crippen LogP contribution in [0.4, 0.5) is 0 Å². The van der Waals surface area contributed by atoms with Gasteiger partial charge >= 0.3 is 0 Å². The minimum atomic E-state index is 0.694. The van der Waals surface area contributed by atoms with E-state index in [9.17, 15) is 0 Å². The van der Waals surface area contributed by atoms with E-state index in [2.05, 4.69) is 11.9 Å².